The molecular formula is C6H2Cl4F11Sb2. The van der Waals surface area contributed by atoms with E-state index in [0.29, 0.717) is 20.5 Å². The third-order valence-electron chi connectivity index (χ3n) is 0.963. The summed E-state index contributed by atoms with van der Waals surface area (Å²) in [5.41, 5.74) is 0. The van der Waals surface area contributed by atoms with Gasteiger partial charge in [-0.15, -0.1) is 0 Å². The first-order chi connectivity index (χ1) is 9.29. The molecule has 0 bridgehead atoms. The topological polar surface area (TPSA) is 0 Å². The molecule has 0 spiro atoms. The van der Waals surface area contributed by atoms with E-state index in [-0.39, 0.29) is 0 Å². The first-order valence-corrected chi connectivity index (χ1v) is 16.4. The molecule has 0 amide bonds. The molecule has 0 aromatic heterocycles. The summed E-state index contributed by atoms with van der Waals surface area (Å²) in [5, 5.41) is 1.65. The van der Waals surface area contributed by atoms with Crippen molar-refractivity contribution < 1.29 is 30.9 Å². The standard InChI is InChI=1S/C6H2Cl4.11FH.2Sb/c7-3-1-4(8)6(10)2-5(3)9;;;;;;;;;;;;;/h1-2H;11*1H;;/q+1;;;;;;;;;;;;2*+5/p-11. The molecule has 0 aliphatic heterocycles. The summed E-state index contributed by atoms with van der Waals surface area (Å²) in [7, 11) is 0. The molecule has 17 heteroatoms. The summed E-state index contributed by atoms with van der Waals surface area (Å²) < 4.78 is 109. The average Bonchev–Trinajstić information content (AvgIpc) is 2.05. The molecule has 0 aromatic carbocycles. The van der Waals surface area contributed by atoms with Gasteiger partial charge >= 0.3 is 70.7 Å². The molecule has 1 radical (unpaired) electrons. The Labute approximate surface area is 149 Å². The van der Waals surface area contributed by atoms with Crippen LogP contribution in [0.4, 0.5) is 30.9 Å². The number of allylic oxidation sites excluding steroid dienone is 4. The fourth-order valence-corrected chi connectivity index (χ4v) is 1.26. The van der Waals surface area contributed by atoms with Gasteiger partial charge in [-0.3, -0.25) is 0 Å². The Morgan fingerprint density at radius 2 is 1.04 bits per heavy atom. The normalized spacial score (nSPS) is 21.0. The summed E-state index contributed by atoms with van der Waals surface area (Å²) in [6.07, 6.45) is 3.02. The van der Waals surface area contributed by atoms with Crippen LogP contribution in [0.5, 0.6) is 0 Å². The summed E-state index contributed by atoms with van der Waals surface area (Å²) in [4.78, 5) is 0. The van der Waals surface area contributed by atoms with Gasteiger partial charge in [0.2, 0.25) is 10.4 Å². The van der Waals surface area contributed by atoms with Crippen LogP contribution >= 0.6 is 46.4 Å². The second-order valence-electron chi connectivity index (χ2n) is 3.28. The summed E-state index contributed by atoms with van der Waals surface area (Å²) >= 11 is 2.00. The van der Waals surface area contributed by atoms with Crippen LogP contribution in [0.15, 0.2) is 21.2 Å². The fraction of sp³-hybridized carbons (Fsp3) is 0. The Morgan fingerprint density at radius 1 is 0.783 bits per heavy atom. The third kappa shape index (κ3) is 35.4. The molecule has 0 N–H and O–H groups in total. The van der Waals surface area contributed by atoms with Gasteiger partial charge in [-0.1, -0.05) is 23.2 Å². The van der Waals surface area contributed by atoms with Crippen molar-refractivity contribution in [3.63, 3.8) is 0 Å². The van der Waals surface area contributed by atoms with Gasteiger partial charge in [0.1, 0.15) is 0 Å². The van der Waals surface area contributed by atoms with E-state index in [2.05, 4.69) is 0 Å². The van der Waals surface area contributed by atoms with Crippen molar-refractivity contribution >= 4 is 86.2 Å². The van der Waals surface area contributed by atoms with E-state index < -0.39 is 39.8 Å². The molecule has 0 unspecified atom stereocenters. The minimum absolute atomic E-state index is 0.413. The quantitative estimate of drug-likeness (QED) is 0.142. The zero-order chi connectivity index (χ0) is 19.6. The van der Waals surface area contributed by atoms with Gasteiger partial charge in [-0.25, -0.2) is 0 Å². The first kappa shape index (κ1) is 26.6. The van der Waals surface area contributed by atoms with Crippen LogP contribution in [-0.2, 0) is 0 Å². The third-order valence-corrected chi connectivity index (χ3v) is 2.41. The van der Waals surface area contributed by atoms with E-state index in [1.54, 1.807) is 0 Å². The predicted molar refractivity (Wildman–Crippen MR) is 69.8 cm³/mol. The van der Waals surface area contributed by atoms with Crippen LogP contribution < -0.4 is 0 Å². The van der Waals surface area contributed by atoms with Crippen molar-refractivity contribution in [3.05, 3.63) is 33.0 Å². The second kappa shape index (κ2) is 7.18. The monoisotopic (exact) mass is 665 g/mol. The van der Waals surface area contributed by atoms with Crippen LogP contribution in [0.25, 0.3) is 0 Å². The molecule has 141 valence electrons. The number of hydrogen-bond donors (Lipinski definition) is 0. The maximum atomic E-state index is 9.93. The molecule has 1 aliphatic rings. The first-order valence-electron chi connectivity index (χ1n) is 4.27. The molecule has 0 saturated carbocycles. The molecule has 1 rings (SSSR count). The van der Waals surface area contributed by atoms with Crippen LogP contribution in [0, 0.1) is 11.8 Å². The van der Waals surface area contributed by atoms with Gasteiger partial charge in [0.25, 0.3) is 0 Å². The second-order valence-corrected chi connectivity index (χ2v) is 14.0. The maximum absolute atomic E-state index is 11.2. The van der Waals surface area contributed by atoms with Crippen LogP contribution in [0.1, 0.15) is 0 Å². The van der Waals surface area contributed by atoms with Crippen molar-refractivity contribution in [2.75, 3.05) is 0 Å². The Bertz CT molecular complexity index is 471. The minimum atomic E-state index is -11.2. The predicted octanol–water partition coefficient (Wildman–Crippen LogP) is 7.65. The van der Waals surface area contributed by atoms with Crippen molar-refractivity contribution in [2.24, 2.45) is 0 Å². The van der Waals surface area contributed by atoms with Crippen molar-refractivity contribution in [1.82, 2.24) is 0 Å². The molecular weight excluding hydrogens is 666 g/mol. The summed E-state index contributed by atoms with van der Waals surface area (Å²) in [5.74, 6) is 0. The summed E-state index contributed by atoms with van der Waals surface area (Å²) in [6, 6.07) is 0. The van der Waals surface area contributed by atoms with Crippen molar-refractivity contribution in [1.29, 1.82) is 0 Å². The van der Waals surface area contributed by atoms with Gasteiger partial charge in [-0.2, -0.15) is 0 Å². The Morgan fingerprint density at radius 3 is 1.26 bits per heavy atom. The molecule has 0 saturated heterocycles. The fourth-order valence-electron chi connectivity index (χ4n) is 0.498. The molecule has 0 atom stereocenters. The van der Waals surface area contributed by atoms with Crippen LogP contribution in [0.2, 0.25) is 0 Å². The molecule has 0 fully saturated rings. The Balaban J connectivity index is 0. The average molecular weight is 668 g/mol. The van der Waals surface area contributed by atoms with Gasteiger partial charge in [-0.05, 0) is 11.6 Å². The van der Waals surface area contributed by atoms with Crippen LogP contribution in [0.3, 0.4) is 0 Å². The SMILES string of the molecule is Cl[C]1[CH+]C(Cl)=C(Cl)C=C1Cl.[F][Sb-]([F])([F])([F])([F])[F].[F][Sb]([F])([F])([F])[F]. The van der Waals surface area contributed by atoms with E-state index in [4.69, 9.17) is 46.4 Å². The number of hydrogen-bond acceptors (Lipinski definition) is 0. The molecule has 0 heterocycles. The van der Waals surface area contributed by atoms with Crippen LogP contribution in [-0.4, -0.2) is 39.8 Å². The van der Waals surface area contributed by atoms with Gasteiger partial charge in [0, 0.05) is 11.6 Å². The molecule has 0 nitrogen and oxygen atoms in total. The number of halogens is 15. The summed E-state index contributed by atoms with van der Waals surface area (Å²) in [6.45, 7) is 0. The van der Waals surface area contributed by atoms with E-state index in [0.717, 1.165) is 0 Å². The Hall–Kier alpha value is 1.38. The zero-order valence-corrected chi connectivity index (χ0v) is 17.8. The van der Waals surface area contributed by atoms with Gasteiger partial charge in [0.05, 0.1) is 17.5 Å². The molecule has 0 aromatic rings. The Kier molecular flexibility index (Phi) is 8.30. The van der Waals surface area contributed by atoms with Gasteiger partial charge < -0.3 is 0 Å². The zero-order valence-electron chi connectivity index (χ0n) is 9.72. The van der Waals surface area contributed by atoms with E-state index in [9.17, 15) is 30.9 Å². The van der Waals surface area contributed by atoms with E-state index in [1.165, 1.54) is 12.5 Å². The van der Waals surface area contributed by atoms with E-state index in [1.807, 2.05) is 0 Å². The van der Waals surface area contributed by atoms with Crippen molar-refractivity contribution in [2.45, 2.75) is 0 Å². The molecule has 1 aliphatic carbocycles. The molecule has 23 heavy (non-hydrogen) atoms. The van der Waals surface area contributed by atoms with Crippen molar-refractivity contribution in [3.8, 4) is 0 Å². The number of rotatable bonds is 0. The van der Waals surface area contributed by atoms with E-state index >= 15 is 0 Å². The van der Waals surface area contributed by atoms with Gasteiger partial charge in [0.15, 0.2) is 5.03 Å².